The molecular formula is C22H28ClN3O6. The van der Waals surface area contributed by atoms with Gasteiger partial charge < -0.3 is 28.9 Å². The maximum Gasteiger partial charge on any atom is 0.355 e. The molecule has 0 aliphatic carbocycles. The molecule has 10 heteroatoms. The molecular weight excluding hydrogens is 438 g/mol. The number of hydrogen-bond donors (Lipinski definition) is 0. The lowest BCUT2D eigenvalue weighted by atomic mass is 10.1. The summed E-state index contributed by atoms with van der Waals surface area (Å²) in [7, 11) is 2.49. The Kier molecular flexibility index (Phi) is 7.63. The average Bonchev–Trinajstić information content (AvgIpc) is 2.82. The highest BCUT2D eigenvalue weighted by Gasteiger charge is 2.33. The molecule has 0 N–H and O–H groups in total. The number of nitrogens with zero attached hydrogens (tertiary/aromatic N) is 3. The van der Waals surface area contributed by atoms with Gasteiger partial charge in [0.15, 0.2) is 0 Å². The number of benzene rings is 1. The van der Waals surface area contributed by atoms with Crippen LogP contribution in [0.15, 0.2) is 29.5 Å². The van der Waals surface area contributed by atoms with Gasteiger partial charge in [0.05, 0.1) is 37.1 Å². The predicted octanol–water partition coefficient (Wildman–Crippen LogP) is 2.04. The number of amides is 1. The van der Waals surface area contributed by atoms with Crippen LogP contribution in [0.5, 0.6) is 0 Å². The van der Waals surface area contributed by atoms with Gasteiger partial charge in [-0.2, -0.15) is 0 Å². The fourth-order valence-corrected chi connectivity index (χ4v) is 4.09. The first-order valence-corrected chi connectivity index (χ1v) is 10.7. The second kappa shape index (κ2) is 10.2. The summed E-state index contributed by atoms with van der Waals surface area (Å²) >= 11 is 6.61. The number of anilines is 2. The maximum atomic E-state index is 12.5. The van der Waals surface area contributed by atoms with E-state index in [9.17, 15) is 14.4 Å². The number of piperazine rings is 1. The van der Waals surface area contributed by atoms with Gasteiger partial charge in [-0.05, 0) is 18.2 Å². The molecule has 0 spiro atoms. The summed E-state index contributed by atoms with van der Waals surface area (Å²) in [5.41, 5.74) is 1.56. The molecule has 0 unspecified atom stereocenters. The Morgan fingerprint density at radius 3 is 2.25 bits per heavy atom. The van der Waals surface area contributed by atoms with Crippen molar-refractivity contribution in [1.29, 1.82) is 0 Å². The van der Waals surface area contributed by atoms with Gasteiger partial charge in [0.25, 0.3) is 0 Å². The zero-order valence-electron chi connectivity index (χ0n) is 18.7. The van der Waals surface area contributed by atoms with Gasteiger partial charge in [0.1, 0.15) is 12.4 Å². The third kappa shape index (κ3) is 4.83. The molecule has 174 valence electrons. The van der Waals surface area contributed by atoms with E-state index in [1.807, 2.05) is 24.8 Å². The van der Waals surface area contributed by atoms with Crippen LogP contribution in [0.3, 0.4) is 0 Å². The first-order valence-electron chi connectivity index (χ1n) is 10.4. The van der Waals surface area contributed by atoms with Crippen LogP contribution in [0.1, 0.15) is 13.8 Å². The van der Waals surface area contributed by atoms with Crippen LogP contribution in [0.25, 0.3) is 0 Å². The van der Waals surface area contributed by atoms with Crippen LogP contribution < -0.4 is 9.80 Å². The zero-order chi connectivity index (χ0) is 23.4. The Labute approximate surface area is 192 Å². The van der Waals surface area contributed by atoms with Crippen LogP contribution in [0.4, 0.5) is 11.4 Å². The highest BCUT2D eigenvalue weighted by molar-refractivity contribution is 6.33. The third-order valence-corrected chi connectivity index (χ3v) is 5.80. The molecule has 0 atom stereocenters. The van der Waals surface area contributed by atoms with Crippen LogP contribution >= 0.6 is 11.6 Å². The fourth-order valence-electron chi connectivity index (χ4n) is 3.80. The molecule has 0 bridgehead atoms. The SMILES string of the molecule is COC(=O)C1=C(C(=O)OC)N(c2ccc(N3CCN(C(=O)C(C)C)CC3)c(Cl)c2)COC1. The summed E-state index contributed by atoms with van der Waals surface area (Å²) in [6.07, 6.45) is 0. The molecule has 0 saturated carbocycles. The smallest absolute Gasteiger partial charge is 0.355 e. The number of carbonyl (C=O) groups is 3. The first-order chi connectivity index (χ1) is 15.3. The second-order valence-corrected chi connectivity index (χ2v) is 8.23. The van der Waals surface area contributed by atoms with E-state index in [1.54, 1.807) is 12.1 Å². The van der Waals surface area contributed by atoms with Gasteiger partial charge in [0.2, 0.25) is 5.91 Å². The minimum atomic E-state index is -0.667. The standard InChI is InChI=1S/C22H28ClN3O6/c1-14(2)20(27)25-9-7-24(8-10-25)18-6-5-15(11-17(18)23)26-13-32-12-16(21(28)30-3)19(26)22(29)31-4/h5-6,11,14H,7-10,12-13H2,1-4H3. The summed E-state index contributed by atoms with van der Waals surface area (Å²) in [5.74, 6) is -1.20. The number of methoxy groups -OCH3 is 2. The molecule has 3 rings (SSSR count). The monoisotopic (exact) mass is 465 g/mol. The topological polar surface area (TPSA) is 88.6 Å². The molecule has 1 aromatic carbocycles. The van der Waals surface area contributed by atoms with Crippen molar-refractivity contribution < 1.29 is 28.6 Å². The summed E-state index contributed by atoms with van der Waals surface area (Å²) in [6, 6.07) is 5.38. The van der Waals surface area contributed by atoms with Gasteiger partial charge in [-0.1, -0.05) is 25.4 Å². The van der Waals surface area contributed by atoms with Crippen LogP contribution in [0, 0.1) is 5.92 Å². The molecule has 1 aromatic rings. The summed E-state index contributed by atoms with van der Waals surface area (Å²) < 4.78 is 15.2. The second-order valence-electron chi connectivity index (χ2n) is 7.82. The molecule has 9 nitrogen and oxygen atoms in total. The van der Waals surface area contributed by atoms with E-state index in [1.165, 1.54) is 19.1 Å². The van der Waals surface area contributed by atoms with E-state index >= 15 is 0 Å². The van der Waals surface area contributed by atoms with E-state index in [0.717, 1.165) is 5.69 Å². The van der Waals surface area contributed by atoms with Gasteiger partial charge in [-0.25, -0.2) is 9.59 Å². The fraction of sp³-hybridized carbons (Fsp3) is 0.500. The molecule has 32 heavy (non-hydrogen) atoms. The van der Waals surface area contributed by atoms with Crippen LogP contribution in [0.2, 0.25) is 5.02 Å². The van der Waals surface area contributed by atoms with Gasteiger partial charge in [0, 0.05) is 37.8 Å². The van der Waals surface area contributed by atoms with Crippen molar-refractivity contribution in [3.63, 3.8) is 0 Å². The predicted molar refractivity (Wildman–Crippen MR) is 119 cm³/mol. The molecule has 2 heterocycles. The number of rotatable bonds is 5. The van der Waals surface area contributed by atoms with Crippen molar-refractivity contribution in [3.05, 3.63) is 34.5 Å². The van der Waals surface area contributed by atoms with E-state index in [0.29, 0.717) is 36.9 Å². The normalized spacial score (nSPS) is 17.0. The molecule has 2 aliphatic heterocycles. The highest BCUT2D eigenvalue weighted by Crippen LogP contribution is 2.34. The molecule has 1 fully saturated rings. The molecule has 0 aromatic heterocycles. The Morgan fingerprint density at radius 1 is 1.03 bits per heavy atom. The molecule has 1 amide bonds. The minimum Gasteiger partial charge on any atom is -0.466 e. The number of hydrogen-bond acceptors (Lipinski definition) is 8. The van der Waals surface area contributed by atoms with Crippen molar-refractivity contribution >= 4 is 40.8 Å². The zero-order valence-corrected chi connectivity index (χ0v) is 19.5. The summed E-state index contributed by atoms with van der Waals surface area (Å²) in [6.45, 7) is 6.40. The quantitative estimate of drug-likeness (QED) is 0.610. The lowest BCUT2D eigenvalue weighted by Crippen LogP contribution is -2.50. The van der Waals surface area contributed by atoms with Crippen molar-refractivity contribution in [2.24, 2.45) is 5.92 Å². The van der Waals surface area contributed by atoms with Gasteiger partial charge in [-0.3, -0.25) is 4.79 Å². The van der Waals surface area contributed by atoms with E-state index < -0.39 is 11.9 Å². The number of ether oxygens (including phenoxy) is 3. The van der Waals surface area contributed by atoms with Crippen LogP contribution in [-0.4, -0.2) is 76.5 Å². The largest absolute Gasteiger partial charge is 0.466 e. The average molecular weight is 466 g/mol. The summed E-state index contributed by atoms with van der Waals surface area (Å²) in [5, 5.41) is 0.487. The van der Waals surface area contributed by atoms with E-state index in [2.05, 4.69) is 4.90 Å². The van der Waals surface area contributed by atoms with E-state index in [-0.39, 0.29) is 36.4 Å². The lowest BCUT2D eigenvalue weighted by molar-refractivity contribution is -0.140. The Hall–Kier alpha value is -2.78. The summed E-state index contributed by atoms with van der Waals surface area (Å²) in [4.78, 5) is 42.4. The Bertz CT molecular complexity index is 924. The van der Waals surface area contributed by atoms with Gasteiger partial charge >= 0.3 is 11.9 Å². The Balaban J connectivity index is 1.84. The van der Waals surface area contributed by atoms with Crippen LogP contribution in [-0.2, 0) is 28.6 Å². The number of carbonyl (C=O) groups excluding carboxylic acids is 3. The van der Waals surface area contributed by atoms with Crippen molar-refractivity contribution in [2.75, 3.05) is 63.5 Å². The number of esters is 2. The third-order valence-electron chi connectivity index (χ3n) is 5.50. The highest BCUT2D eigenvalue weighted by atomic mass is 35.5. The maximum absolute atomic E-state index is 12.5. The van der Waals surface area contributed by atoms with Crippen molar-refractivity contribution in [1.82, 2.24) is 4.90 Å². The number of halogens is 1. The molecule has 2 aliphatic rings. The van der Waals surface area contributed by atoms with Gasteiger partial charge in [-0.15, -0.1) is 0 Å². The van der Waals surface area contributed by atoms with Crippen molar-refractivity contribution in [2.45, 2.75) is 13.8 Å². The molecule has 0 radical (unpaired) electrons. The van der Waals surface area contributed by atoms with Crippen molar-refractivity contribution in [3.8, 4) is 0 Å². The Morgan fingerprint density at radius 2 is 1.69 bits per heavy atom. The van der Waals surface area contributed by atoms with E-state index in [4.69, 9.17) is 25.8 Å². The molecule has 1 saturated heterocycles. The first kappa shape index (κ1) is 23.9. The minimum absolute atomic E-state index is 0.0249. The lowest BCUT2D eigenvalue weighted by Gasteiger charge is -2.37.